The molecule has 0 radical (unpaired) electrons. The lowest BCUT2D eigenvalue weighted by Crippen LogP contribution is -2.60. The van der Waals surface area contributed by atoms with Crippen LogP contribution < -0.4 is 37.6 Å². The number of aromatic nitrogens is 1. The largest absolute Gasteiger partial charge is 0.445 e. The number of amides is 10. The van der Waals surface area contributed by atoms with Gasteiger partial charge >= 0.3 is 12.1 Å². The number of rotatable bonds is 36. The van der Waals surface area contributed by atoms with Crippen LogP contribution in [0.4, 0.5) is 15.3 Å². The number of benzene rings is 2. The lowest BCUT2D eigenvalue weighted by atomic mass is 9.89. The molecule has 0 bridgehead atoms. The van der Waals surface area contributed by atoms with E-state index < -0.39 is 108 Å². The van der Waals surface area contributed by atoms with Crippen LogP contribution in [-0.2, 0) is 65.5 Å². The molecule has 2 aromatic carbocycles. The van der Waals surface area contributed by atoms with Gasteiger partial charge < -0.3 is 66.4 Å². The van der Waals surface area contributed by atoms with Crippen molar-refractivity contribution in [2.75, 3.05) is 59.9 Å². The fourth-order valence-corrected chi connectivity index (χ4v) is 11.9. The fraction of sp³-hybridized carbons (Fsp3) is 0.625. The molecule has 10 amide bonds. The molecule has 1 aliphatic heterocycles. The van der Waals surface area contributed by atoms with E-state index in [0.717, 1.165) is 10.6 Å². The molecule has 3 aromatic rings. The highest BCUT2D eigenvalue weighted by Crippen LogP contribution is 2.31. The number of hydrogen-bond donors (Lipinski definition) is 7. The van der Waals surface area contributed by atoms with Gasteiger partial charge in [0.2, 0.25) is 41.4 Å². The lowest BCUT2D eigenvalue weighted by molar-refractivity contribution is -0.148. The Labute approximate surface area is 529 Å². The van der Waals surface area contributed by atoms with Crippen molar-refractivity contribution in [2.45, 2.75) is 175 Å². The van der Waals surface area contributed by atoms with Gasteiger partial charge in [0, 0.05) is 65.3 Å². The molecule has 1 fully saturated rings. The summed E-state index contributed by atoms with van der Waals surface area (Å²) in [6.07, 6.45) is 2.38. The molecule has 8 N–H and O–H groups in total. The second kappa shape index (κ2) is 37.1. The summed E-state index contributed by atoms with van der Waals surface area (Å²) in [6, 6.07) is 10.1. The van der Waals surface area contributed by atoms with E-state index in [2.05, 4.69) is 36.9 Å². The van der Waals surface area contributed by atoms with Crippen LogP contribution in [0.15, 0.2) is 66.2 Å². The third-order valence-corrected chi connectivity index (χ3v) is 17.2. The summed E-state index contributed by atoms with van der Waals surface area (Å²) in [5.74, 6) is -4.99. The number of nitrogens with zero attached hydrogens (tertiary/aromatic N) is 4. The van der Waals surface area contributed by atoms with Gasteiger partial charge in [-0.25, -0.2) is 14.6 Å². The minimum absolute atomic E-state index is 0.0671. The third kappa shape index (κ3) is 22.3. The molecule has 25 heteroatoms. The second-order valence-electron chi connectivity index (χ2n) is 23.9. The van der Waals surface area contributed by atoms with Crippen LogP contribution in [0.1, 0.15) is 130 Å². The van der Waals surface area contributed by atoms with Crippen LogP contribution >= 0.6 is 11.3 Å². The number of carbonyl (C=O) groups is 9. The maximum absolute atomic E-state index is 14.8. The fourth-order valence-electron chi connectivity index (χ4n) is 11.2. The second-order valence-corrected chi connectivity index (χ2v) is 24.8. The molecule has 89 heavy (non-hydrogen) atoms. The Balaban J connectivity index is 1.41. The van der Waals surface area contributed by atoms with E-state index >= 15 is 0 Å². The molecule has 4 rings (SSSR count). The van der Waals surface area contributed by atoms with Gasteiger partial charge in [0.05, 0.1) is 42.7 Å². The van der Waals surface area contributed by atoms with Crippen molar-refractivity contribution in [3.8, 4) is 0 Å². The highest BCUT2D eigenvalue weighted by molar-refractivity contribution is 7.09. The first-order valence-electron chi connectivity index (χ1n) is 30.9. The van der Waals surface area contributed by atoms with Gasteiger partial charge in [-0.2, -0.15) is 0 Å². The summed E-state index contributed by atoms with van der Waals surface area (Å²) in [7, 11) is 6.18. The number of carbonyl (C=O) groups excluding carboxylic acids is 9. The average molecular weight is 1260 g/mol. The highest BCUT2D eigenvalue weighted by Gasteiger charge is 2.44. The molecular weight excluding hydrogens is 1160 g/mol. The Morgan fingerprint density at radius 2 is 1.44 bits per heavy atom. The van der Waals surface area contributed by atoms with Gasteiger partial charge in [0.25, 0.3) is 0 Å². The number of urea groups is 1. The Bertz CT molecular complexity index is 2740. The van der Waals surface area contributed by atoms with Crippen LogP contribution in [-0.4, -0.2) is 176 Å². The third-order valence-electron chi connectivity index (χ3n) is 16.3. The van der Waals surface area contributed by atoms with Crippen LogP contribution in [0.3, 0.4) is 0 Å². The lowest BCUT2D eigenvalue weighted by Gasteiger charge is -2.41. The van der Waals surface area contributed by atoms with Crippen molar-refractivity contribution in [1.29, 1.82) is 0 Å². The molecule has 1 aromatic heterocycles. The molecular formula is C64H99N11O13S. The van der Waals surface area contributed by atoms with E-state index in [4.69, 9.17) is 24.7 Å². The number of hydrogen-bond acceptors (Lipinski definition) is 15. The van der Waals surface area contributed by atoms with Gasteiger partial charge in [0.1, 0.15) is 42.4 Å². The number of anilines is 1. The molecule has 0 saturated carbocycles. The number of thiazole rings is 1. The molecule has 0 aliphatic carbocycles. The molecule has 1 saturated heterocycles. The molecule has 1 unspecified atom stereocenters. The van der Waals surface area contributed by atoms with Gasteiger partial charge in [-0.1, -0.05) is 111 Å². The SMILES string of the molecule is CCOCC(=O)N[C@H](C(=O)N[C@@H](CCCNC(N)=O)C(=O)Nc1ccc(COC(=O)N(C)[C@H](C(=O)N[C@H](C(=O)N(C)[C@@H](C(C)CC)[C@@H](CC(=O)N2CCC[C@H]2[C@H](OC)[C@@H](C)C(=O)N[C@@H](Cc2ccccc2)c2nccs2)OC)C(C)C)C(C)C)cc1)C(C)C. The number of ether oxygens (including phenoxy) is 4. The molecule has 11 atom stereocenters. The predicted molar refractivity (Wildman–Crippen MR) is 340 cm³/mol. The van der Waals surface area contributed by atoms with Gasteiger partial charge in [-0.3, -0.25) is 38.5 Å². The summed E-state index contributed by atoms with van der Waals surface area (Å²) in [6.45, 7) is 18.7. The van der Waals surface area contributed by atoms with E-state index in [1.807, 2.05) is 70.3 Å². The molecule has 24 nitrogen and oxygen atoms in total. The average Bonchev–Trinajstić information content (AvgIpc) is 2.35. The van der Waals surface area contributed by atoms with Gasteiger partial charge in [-0.15, -0.1) is 11.3 Å². The summed E-state index contributed by atoms with van der Waals surface area (Å²) in [5.41, 5.74) is 7.17. The Morgan fingerprint density at radius 1 is 0.764 bits per heavy atom. The Kier molecular flexibility index (Phi) is 30.9. The van der Waals surface area contributed by atoms with E-state index in [-0.39, 0.29) is 68.7 Å². The number of likely N-dealkylation sites (N-methyl/N-ethyl adjacent to an activating group) is 2. The highest BCUT2D eigenvalue weighted by atomic mass is 32.1. The summed E-state index contributed by atoms with van der Waals surface area (Å²) in [4.78, 5) is 132. The zero-order valence-corrected chi connectivity index (χ0v) is 55.3. The van der Waals surface area contributed by atoms with Gasteiger partial charge in [-0.05, 0) is 86.0 Å². The number of methoxy groups -OCH3 is 2. The molecule has 494 valence electrons. The normalized spacial score (nSPS) is 16.6. The summed E-state index contributed by atoms with van der Waals surface area (Å²) >= 11 is 1.47. The van der Waals surface area contributed by atoms with E-state index in [9.17, 15) is 43.2 Å². The number of nitrogens with one attached hydrogen (secondary N) is 6. The van der Waals surface area contributed by atoms with Crippen molar-refractivity contribution >= 4 is 70.5 Å². The first kappa shape index (κ1) is 74.2. The van der Waals surface area contributed by atoms with Crippen LogP contribution in [0.2, 0.25) is 0 Å². The standard InChI is InChI=1S/C64H99N11O13S/c1-15-41(9)55(49(85-13)35-51(77)75-32-21-25-48(75)56(86-14)42(10)57(78)70-47(61-66-31-33-89-61)34-43-22-18-17-19-23-43)73(11)62(82)53(39(5)6)72-60(81)54(40(7)8)74(12)64(84)88-36-44-26-28-45(29-27-44)68-58(79)46(24-20-30-67-63(65)83)69-59(80)52(38(3)4)71-50(76)37-87-16-2/h17-19,22-23,26-29,31,33,38-42,46-49,52-56H,15-16,20-21,24-25,30,32,34-37H2,1-14H3,(H,68,79)(H,69,80)(H,70,78)(H,71,76)(H,72,81)(H3,65,67,83)/t41?,42-,46+,47+,48+,49-,52+,53+,54+,55+,56-/m1/s1. The minimum Gasteiger partial charge on any atom is -0.445 e. The van der Waals surface area contributed by atoms with Crippen LogP contribution in [0.25, 0.3) is 0 Å². The smallest absolute Gasteiger partial charge is 0.410 e. The maximum atomic E-state index is 14.8. The summed E-state index contributed by atoms with van der Waals surface area (Å²) in [5, 5.41) is 19.5. The van der Waals surface area contributed by atoms with Crippen molar-refractivity contribution in [2.24, 2.45) is 35.3 Å². The van der Waals surface area contributed by atoms with Gasteiger partial charge in [0.15, 0.2) is 0 Å². The van der Waals surface area contributed by atoms with Crippen molar-refractivity contribution in [3.05, 3.63) is 82.3 Å². The zero-order chi connectivity index (χ0) is 66.1. The zero-order valence-electron chi connectivity index (χ0n) is 54.5. The first-order chi connectivity index (χ1) is 42.3. The van der Waals surface area contributed by atoms with E-state index in [1.165, 1.54) is 30.4 Å². The molecule has 2 heterocycles. The summed E-state index contributed by atoms with van der Waals surface area (Å²) < 4.78 is 23.1. The van der Waals surface area contributed by atoms with Crippen molar-refractivity contribution < 1.29 is 62.1 Å². The van der Waals surface area contributed by atoms with Crippen molar-refractivity contribution in [1.82, 2.24) is 46.3 Å². The number of primary amides is 1. The number of likely N-dealkylation sites (tertiary alicyclic amines) is 1. The Morgan fingerprint density at radius 3 is 2.01 bits per heavy atom. The Hall–Kier alpha value is -7.22. The topological polar surface area (TPSA) is 311 Å². The van der Waals surface area contributed by atoms with Crippen LogP contribution in [0, 0.1) is 29.6 Å². The maximum Gasteiger partial charge on any atom is 0.410 e. The monoisotopic (exact) mass is 1260 g/mol. The molecule has 1 aliphatic rings. The molecule has 0 spiro atoms. The quantitative estimate of drug-likeness (QED) is 0.0331. The van der Waals surface area contributed by atoms with Crippen LogP contribution in [0.5, 0.6) is 0 Å². The van der Waals surface area contributed by atoms with E-state index in [1.54, 1.807) is 89.0 Å². The minimum atomic E-state index is -1.07. The number of nitrogens with two attached hydrogens (primary N) is 1. The first-order valence-corrected chi connectivity index (χ1v) is 31.8. The predicted octanol–water partition coefficient (Wildman–Crippen LogP) is 5.95. The van der Waals surface area contributed by atoms with Crippen molar-refractivity contribution in [3.63, 3.8) is 0 Å². The van der Waals surface area contributed by atoms with E-state index in [0.29, 0.717) is 50.1 Å².